The number of pyridine rings is 2. The van der Waals surface area contributed by atoms with Crippen LogP contribution in [0, 0.1) is 5.41 Å². The molecule has 1 aliphatic carbocycles. The zero-order valence-corrected chi connectivity index (χ0v) is 16.9. The lowest BCUT2D eigenvalue weighted by Gasteiger charge is -2.29. The first-order valence-corrected chi connectivity index (χ1v) is 10.1. The molecule has 1 amide bonds. The summed E-state index contributed by atoms with van der Waals surface area (Å²) in [6.45, 7) is 4.17. The Hall–Kier alpha value is -3.13. The highest BCUT2D eigenvalue weighted by Gasteiger charge is 2.32. The van der Waals surface area contributed by atoms with Crippen molar-refractivity contribution in [2.75, 3.05) is 0 Å². The summed E-state index contributed by atoms with van der Waals surface area (Å²) in [7, 11) is 0. The van der Waals surface area contributed by atoms with Crippen LogP contribution in [0.2, 0.25) is 0 Å². The average molecular weight is 408 g/mol. The zero-order valence-electron chi connectivity index (χ0n) is 16.1. The van der Waals surface area contributed by atoms with Crippen molar-refractivity contribution >= 4 is 23.0 Å². The summed E-state index contributed by atoms with van der Waals surface area (Å²) in [5, 5.41) is 5.35. The first-order valence-electron chi connectivity index (χ1n) is 9.25. The summed E-state index contributed by atoms with van der Waals surface area (Å²) in [4.78, 5) is 48.6. The number of fused-ring (bicyclic) bond motifs is 1. The van der Waals surface area contributed by atoms with E-state index in [-0.39, 0.29) is 23.3 Å². The molecule has 0 aromatic carbocycles. The van der Waals surface area contributed by atoms with Crippen molar-refractivity contribution in [3.05, 3.63) is 68.2 Å². The Morgan fingerprint density at radius 3 is 2.76 bits per heavy atom. The van der Waals surface area contributed by atoms with Crippen LogP contribution in [0.5, 0.6) is 0 Å². The van der Waals surface area contributed by atoms with Gasteiger partial charge in [0, 0.05) is 41.0 Å². The van der Waals surface area contributed by atoms with Crippen LogP contribution in [0.4, 0.5) is 0 Å². The van der Waals surface area contributed by atoms with E-state index in [1.54, 1.807) is 12.4 Å². The molecule has 0 bridgehead atoms. The van der Waals surface area contributed by atoms with Gasteiger partial charge in [0.05, 0.1) is 12.2 Å². The predicted molar refractivity (Wildman–Crippen MR) is 110 cm³/mol. The van der Waals surface area contributed by atoms with Crippen molar-refractivity contribution in [3.63, 3.8) is 0 Å². The van der Waals surface area contributed by atoms with E-state index in [9.17, 15) is 14.4 Å². The van der Waals surface area contributed by atoms with E-state index in [1.807, 2.05) is 31.4 Å². The maximum absolute atomic E-state index is 12.6. The lowest BCUT2D eigenvalue weighted by Crippen LogP contribution is -2.34. The smallest absolute Gasteiger partial charge is 0.261 e. The number of carbonyl (C=O) groups is 2. The number of hydrogen-bond acceptors (Lipinski definition) is 6. The highest BCUT2D eigenvalue weighted by atomic mass is 32.1. The van der Waals surface area contributed by atoms with Crippen molar-refractivity contribution in [2.24, 2.45) is 5.41 Å². The van der Waals surface area contributed by atoms with Gasteiger partial charge in [-0.2, -0.15) is 0 Å². The lowest BCUT2D eigenvalue weighted by molar-refractivity contribution is 0.0910. The molecular formula is C21H20N4O3S. The number of amides is 1. The van der Waals surface area contributed by atoms with E-state index in [1.165, 1.54) is 17.4 Å². The summed E-state index contributed by atoms with van der Waals surface area (Å²) in [6, 6.07) is 5.15. The third-order valence-electron chi connectivity index (χ3n) is 4.89. The van der Waals surface area contributed by atoms with Crippen LogP contribution in [0.25, 0.3) is 11.3 Å². The summed E-state index contributed by atoms with van der Waals surface area (Å²) in [5.41, 5.74) is 2.06. The molecular weight excluding hydrogens is 388 g/mol. The quantitative estimate of drug-likeness (QED) is 0.691. The van der Waals surface area contributed by atoms with Crippen LogP contribution in [0.3, 0.4) is 0 Å². The van der Waals surface area contributed by atoms with Crippen molar-refractivity contribution < 1.29 is 9.59 Å². The van der Waals surface area contributed by atoms with Crippen molar-refractivity contribution in [3.8, 4) is 11.3 Å². The fourth-order valence-electron chi connectivity index (χ4n) is 3.49. The van der Waals surface area contributed by atoms with Crippen molar-refractivity contribution in [2.45, 2.75) is 33.2 Å². The van der Waals surface area contributed by atoms with Gasteiger partial charge in [0.2, 0.25) is 0 Å². The second kappa shape index (κ2) is 7.36. The first kappa shape index (κ1) is 19.2. The number of nitrogens with zero attached hydrogens (tertiary/aromatic N) is 2. The molecule has 3 aromatic heterocycles. The van der Waals surface area contributed by atoms with Gasteiger partial charge in [-0.1, -0.05) is 13.8 Å². The standard InChI is InChI=1S/C21H20N4O3S/c1-21(2)8-15-13(17(26)9-21)7-14(20(28)25-15)19(27)23-10-18-24-16(11-29-18)12-3-5-22-6-4-12/h3-7,11H,8-10H2,1-2H3,(H,23,27)(H,25,28). The third kappa shape index (κ3) is 4.02. The molecule has 3 heterocycles. The van der Waals surface area contributed by atoms with Crippen LogP contribution < -0.4 is 10.9 Å². The van der Waals surface area contributed by atoms with E-state index >= 15 is 0 Å². The Morgan fingerprint density at radius 1 is 1.24 bits per heavy atom. The molecule has 0 atom stereocenters. The molecule has 0 fully saturated rings. The molecule has 0 saturated carbocycles. The highest BCUT2D eigenvalue weighted by molar-refractivity contribution is 7.09. The molecule has 3 aromatic rings. The zero-order chi connectivity index (χ0) is 20.6. The summed E-state index contributed by atoms with van der Waals surface area (Å²) in [5.74, 6) is -0.573. The second-order valence-electron chi connectivity index (χ2n) is 7.89. The van der Waals surface area contributed by atoms with E-state index in [0.717, 1.165) is 16.3 Å². The van der Waals surface area contributed by atoms with E-state index in [2.05, 4.69) is 20.3 Å². The van der Waals surface area contributed by atoms with Gasteiger partial charge in [0.15, 0.2) is 5.78 Å². The van der Waals surface area contributed by atoms with Gasteiger partial charge in [-0.15, -0.1) is 11.3 Å². The average Bonchev–Trinajstić information content (AvgIpc) is 3.14. The maximum atomic E-state index is 12.6. The van der Waals surface area contributed by atoms with Crippen LogP contribution in [0.15, 0.2) is 40.8 Å². The SMILES string of the molecule is CC1(C)CC(=O)c2cc(C(=O)NCc3nc(-c4ccncc4)cs3)c(=O)[nH]c2C1. The van der Waals surface area contributed by atoms with Gasteiger partial charge in [0.25, 0.3) is 11.5 Å². The molecule has 0 spiro atoms. The minimum absolute atomic E-state index is 0.0523. The maximum Gasteiger partial charge on any atom is 0.261 e. The molecule has 7 nitrogen and oxygen atoms in total. The Morgan fingerprint density at radius 2 is 2.00 bits per heavy atom. The van der Waals surface area contributed by atoms with Gasteiger partial charge in [-0.25, -0.2) is 4.98 Å². The second-order valence-corrected chi connectivity index (χ2v) is 8.83. The van der Waals surface area contributed by atoms with Gasteiger partial charge in [-0.3, -0.25) is 19.4 Å². The normalized spacial score (nSPS) is 15.0. The molecule has 0 aliphatic heterocycles. The Kier molecular flexibility index (Phi) is 4.87. The highest BCUT2D eigenvalue weighted by Crippen LogP contribution is 2.33. The molecule has 0 unspecified atom stereocenters. The molecule has 1 aliphatic rings. The van der Waals surface area contributed by atoms with E-state index in [4.69, 9.17) is 0 Å². The summed E-state index contributed by atoms with van der Waals surface area (Å²) in [6.07, 6.45) is 4.38. The van der Waals surface area contributed by atoms with Crippen LogP contribution in [-0.2, 0) is 13.0 Å². The van der Waals surface area contributed by atoms with Crippen LogP contribution >= 0.6 is 11.3 Å². The minimum atomic E-state index is -0.521. The number of ketones is 1. The van der Waals surface area contributed by atoms with E-state index in [0.29, 0.717) is 24.1 Å². The predicted octanol–water partition coefficient (Wildman–Crippen LogP) is 2.98. The minimum Gasteiger partial charge on any atom is -0.345 e. The van der Waals surface area contributed by atoms with Gasteiger partial charge >= 0.3 is 0 Å². The first-order chi connectivity index (χ1) is 13.8. The summed E-state index contributed by atoms with van der Waals surface area (Å²) < 4.78 is 0. The molecule has 8 heteroatoms. The Bertz CT molecular complexity index is 1150. The number of aromatic amines is 1. The lowest BCUT2D eigenvalue weighted by atomic mass is 9.75. The van der Waals surface area contributed by atoms with Gasteiger partial charge in [-0.05, 0) is 30.0 Å². The molecule has 2 N–H and O–H groups in total. The number of H-pyrrole nitrogens is 1. The molecule has 148 valence electrons. The Labute approximate surface area is 171 Å². The molecule has 0 saturated heterocycles. The van der Waals surface area contributed by atoms with E-state index < -0.39 is 11.5 Å². The Balaban J connectivity index is 1.50. The monoisotopic (exact) mass is 408 g/mol. The topological polar surface area (TPSA) is 105 Å². The molecule has 4 rings (SSSR count). The molecule has 29 heavy (non-hydrogen) atoms. The molecule has 0 radical (unpaired) electrons. The number of Topliss-reactive ketones (excluding diaryl/α,β-unsaturated/α-hetero) is 1. The summed E-state index contributed by atoms with van der Waals surface area (Å²) >= 11 is 1.42. The van der Waals surface area contributed by atoms with Crippen LogP contribution in [-0.4, -0.2) is 26.6 Å². The fourth-order valence-corrected chi connectivity index (χ4v) is 4.24. The van der Waals surface area contributed by atoms with Gasteiger partial charge < -0.3 is 10.3 Å². The number of thiazole rings is 1. The number of aromatic nitrogens is 3. The number of hydrogen-bond donors (Lipinski definition) is 2. The van der Waals surface area contributed by atoms with Crippen molar-refractivity contribution in [1.29, 1.82) is 0 Å². The van der Waals surface area contributed by atoms with Crippen LogP contribution in [0.1, 0.15) is 51.7 Å². The van der Waals surface area contributed by atoms with Gasteiger partial charge in [0.1, 0.15) is 10.6 Å². The van der Waals surface area contributed by atoms with Crippen molar-refractivity contribution in [1.82, 2.24) is 20.3 Å². The number of rotatable bonds is 4. The largest absolute Gasteiger partial charge is 0.345 e. The number of carbonyl (C=O) groups excluding carboxylic acids is 2. The fraction of sp³-hybridized carbons (Fsp3) is 0.286. The number of nitrogens with one attached hydrogen (secondary N) is 2. The third-order valence-corrected chi connectivity index (χ3v) is 5.74.